The van der Waals surface area contributed by atoms with Gasteiger partial charge in [0, 0.05) is 43.1 Å². The highest BCUT2D eigenvalue weighted by Crippen LogP contribution is 2.51. The first kappa shape index (κ1) is 29.8. The van der Waals surface area contributed by atoms with Crippen LogP contribution in [0, 0.1) is 0 Å². The third kappa shape index (κ3) is 4.04. The van der Waals surface area contributed by atoms with Gasteiger partial charge >= 0.3 is 0 Å². The van der Waals surface area contributed by atoms with Crippen molar-refractivity contribution in [3.63, 3.8) is 0 Å². The lowest BCUT2D eigenvalue weighted by atomic mass is 9.88. The first-order chi connectivity index (χ1) is 27.3. The summed E-state index contributed by atoms with van der Waals surface area (Å²) in [5, 5.41) is 11.6. The molecule has 4 heteroatoms. The van der Waals surface area contributed by atoms with E-state index in [0.717, 1.165) is 40.1 Å². The molecule has 256 valence electrons. The molecule has 13 rings (SSSR count). The second-order valence-electron chi connectivity index (χ2n) is 15.2. The van der Waals surface area contributed by atoms with Crippen LogP contribution in [-0.4, -0.2) is 14.4 Å². The van der Waals surface area contributed by atoms with Crippen LogP contribution < -0.4 is 0 Å². The average Bonchev–Trinajstić information content (AvgIpc) is 3.86. The third-order valence-corrected chi connectivity index (χ3v) is 13.5. The van der Waals surface area contributed by atoms with E-state index in [4.69, 9.17) is 9.97 Å². The van der Waals surface area contributed by atoms with Crippen molar-refractivity contribution in [2.75, 3.05) is 0 Å². The summed E-state index contributed by atoms with van der Waals surface area (Å²) >= 11 is 1.80. The molecule has 4 aromatic heterocycles. The average molecular weight is 718 g/mol. The molecule has 0 N–H and O–H groups in total. The second kappa shape index (κ2) is 11.0. The van der Waals surface area contributed by atoms with Crippen LogP contribution in [0.4, 0.5) is 0 Å². The smallest absolute Gasteiger partial charge is 0.137 e. The highest BCUT2D eigenvalue weighted by atomic mass is 32.1. The molecular formula is C51H31N3S. The summed E-state index contributed by atoms with van der Waals surface area (Å²) in [5.74, 6) is 0.922. The van der Waals surface area contributed by atoms with Gasteiger partial charge in [0.15, 0.2) is 0 Å². The normalized spacial score (nSPS) is 14.6. The number of benzene rings is 8. The Labute approximate surface area is 320 Å². The molecular weight excluding hydrogens is 687 g/mol. The fraction of sp³-hybridized carbons (Fsp3) is 0.0588. The van der Waals surface area contributed by atoms with Gasteiger partial charge in [0.25, 0.3) is 0 Å². The maximum absolute atomic E-state index is 5.61. The fourth-order valence-electron chi connectivity index (χ4n) is 9.94. The minimum absolute atomic E-state index is 0.0182. The molecule has 0 bridgehead atoms. The standard InChI is InChI=1S/C51H31N3S/c1-2-13-31-27-33(22-21-29(31)11-1)47-50-48(39-18-8-10-20-43(39)55-50)53-51(52-47)38-25-23-32-28-40-36-16-7-9-19-41(36)54-42-26-24-30-12-3-4-14-34(30)45(42)46(49(40)54)44(32)37-17-6-5-15-35(37)38/h1-22,24,26-28,38H,23,25H2. The molecule has 12 aromatic rings. The summed E-state index contributed by atoms with van der Waals surface area (Å²) in [7, 11) is 0. The number of hydrogen-bond acceptors (Lipinski definition) is 3. The molecule has 0 amide bonds. The van der Waals surface area contributed by atoms with Crippen LogP contribution in [0.3, 0.4) is 0 Å². The van der Waals surface area contributed by atoms with E-state index in [-0.39, 0.29) is 5.92 Å². The summed E-state index contributed by atoms with van der Waals surface area (Å²) < 4.78 is 4.92. The summed E-state index contributed by atoms with van der Waals surface area (Å²) in [6, 6.07) is 58.2. The zero-order valence-corrected chi connectivity index (χ0v) is 30.6. The zero-order chi connectivity index (χ0) is 35.8. The quantitative estimate of drug-likeness (QED) is 0.178. The van der Waals surface area contributed by atoms with Gasteiger partial charge in [-0.25, -0.2) is 9.97 Å². The molecule has 4 heterocycles. The van der Waals surface area contributed by atoms with E-state index in [0.29, 0.717) is 0 Å². The van der Waals surface area contributed by atoms with Crippen molar-refractivity contribution in [2.24, 2.45) is 0 Å². The number of aryl methyl sites for hydroxylation is 1. The van der Waals surface area contributed by atoms with E-state index in [1.54, 1.807) is 11.3 Å². The molecule has 0 spiro atoms. The van der Waals surface area contributed by atoms with E-state index >= 15 is 0 Å². The van der Waals surface area contributed by atoms with E-state index < -0.39 is 0 Å². The van der Waals surface area contributed by atoms with Gasteiger partial charge in [-0.1, -0.05) is 127 Å². The Balaban J connectivity index is 1.11. The Morgan fingerprint density at radius 2 is 1.31 bits per heavy atom. The van der Waals surface area contributed by atoms with Crippen LogP contribution in [-0.2, 0) is 6.42 Å². The van der Waals surface area contributed by atoms with Crippen molar-refractivity contribution in [3.05, 3.63) is 175 Å². The maximum Gasteiger partial charge on any atom is 0.137 e. The van der Waals surface area contributed by atoms with Crippen LogP contribution in [0.2, 0.25) is 0 Å². The molecule has 0 saturated carbocycles. The molecule has 0 fully saturated rings. The van der Waals surface area contributed by atoms with Crippen LogP contribution in [0.5, 0.6) is 0 Å². The summed E-state index contributed by atoms with van der Waals surface area (Å²) in [6.07, 6.45) is 1.84. The van der Waals surface area contributed by atoms with Crippen molar-refractivity contribution in [3.8, 4) is 22.4 Å². The van der Waals surface area contributed by atoms with Crippen LogP contribution >= 0.6 is 11.3 Å². The molecule has 0 aliphatic heterocycles. The van der Waals surface area contributed by atoms with Gasteiger partial charge in [-0.2, -0.15) is 0 Å². The SMILES string of the molecule is c1ccc2c(c1)-c1c(cc3c4ccccc4n4c5ccc6ccccc6c5c1c34)CCC2c1nc(-c2ccc3ccccc3c2)c2sc3ccccc3c2n1. The van der Waals surface area contributed by atoms with Crippen LogP contribution in [0.25, 0.3) is 102 Å². The minimum atomic E-state index is 0.0182. The molecule has 0 saturated heterocycles. The summed E-state index contributed by atoms with van der Waals surface area (Å²) in [4.78, 5) is 11.2. The monoisotopic (exact) mass is 717 g/mol. The summed E-state index contributed by atoms with van der Waals surface area (Å²) in [5.41, 5.74) is 12.4. The second-order valence-corrected chi connectivity index (χ2v) is 16.2. The van der Waals surface area contributed by atoms with Crippen molar-refractivity contribution in [1.82, 2.24) is 14.4 Å². The van der Waals surface area contributed by atoms with Gasteiger partial charge in [-0.3, -0.25) is 0 Å². The number of aromatic nitrogens is 3. The van der Waals surface area contributed by atoms with E-state index in [2.05, 4.69) is 162 Å². The van der Waals surface area contributed by atoms with Gasteiger partial charge in [-0.05, 0) is 87.0 Å². The Morgan fingerprint density at radius 1 is 0.564 bits per heavy atom. The fourth-order valence-corrected chi connectivity index (χ4v) is 11.1. The van der Waals surface area contributed by atoms with Gasteiger partial charge in [0.2, 0.25) is 0 Å². The van der Waals surface area contributed by atoms with E-state index in [1.165, 1.54) is 92.0 Å². The number of thiophene rings is 1. The Kier molecular flexibility index (Phi) is 5.94. The lowest BCUT2D eigenvalue weighted by Gasteiger charge is -2.18. The van der Waals surface area contributed by atoms with Crippen LogP contribution in [0.15, 0.2) is 158 Å². The zero-order valence-electron chi connectivity index (χ0n) is 29.8. The summed E-state index contributed by atoms with van der Waals surface area (Å²) in [6.45, 7) is 0. The van der Waals surface area contributed by atoms with Crippen molar-refractivity contribution < 1.29 is 0 Å². The molecule has 1 atom stereocenters. The third-order valence-electron chi connectivity index (χ3n) is 12.3. The number of nitrogens with zero attached hydrogens (tertiary/aromatic N) is 3. The largest absolute Gasteiger partial charge is 0.308 e. The van der Waals surface area contributed by atoms with Gasteiger partial charge in [0.05, 0.1) is 32.5 Å². The van der Waals surface area contributed by atoms with Gasteiger partial charge in [0.1, 0.15) is 5.82 Å². The highest BCUT2D eigenvalue weighted by Gasteiger charge is 2.31. The molecule has 3 nitrogen and oxygen atoms in total. The predicted octanol–water partition coefficient (Wildman–Crippen LogP) is 13.7. The Morgan fingerprint density at radius 3 is 2.24 bits per heavy atom. The number of para-hydroxylation sites is 1. The van der Waals surface area contributed by atoms with Crippen LogP contribution in [0.1, 0.15) is 29.3 Å². The van der Waals surface area contributed by atoms with E-state index in [1.807, 2.05) is 0 Å². The molecule has 1 unspecified atom stereocenters. The van der Waals surface area contributed by atoms with Crippen molar-refractivity contribution in [1.29, 1.82) is 0 Å². The lowest BCUT2D eigenvalue weighted by Crippen LogP contribution is -2.08. The number of rotatable bonds is 2. The molecule has 1 aliphatic carbocycles. The van der Waals surface area contributed by atoms with Gasteiger partial charge < -0.3 is 4.40 Å². The predicted molar refractivity (Wildman–Crippen MR) is 232 cm³/mol. The highest BCUT2D eigenvalue weighted by molar-refractivity contribution is 7.26. The maximum atomic E-state index is 5.61. The Hall–Kier alpha value is -6.62. The topological polar surface area (TPSA) is 30.2 Å². The van der Waals surface area contributed by atoms with Crippen molar-refractivity contribution >= 4 is 91.3 Å². The minimum Gasteiger partial charge on any atom is -0.308 e. The molecule has 8 aromatic carbocycles. The number of hydrogen-bond donors (Lipinski definition) is 0. The number of fused-ring (bicyclic) bond motifs is 16. The van der Waals surface area contributed by atoms with Gasteiger partial charge in [-0.15, -0.1) is 11.3 Å². The molecule has 1 aliphatic rings. The Bertz CT molecular complexity index is 3570. The molecule has 0 radical (unpaired) electrons. The first-order valence-corrected chi connectivity index (χ1v) is 20.0. The van der Waals surface area contributed by atoms with E-state index in [9.17, 15) is 0 Å². The van der Waals surface area contributed by atoms with Crippen molar-refractivity contribution in [2.45, 2.75) is 18.8 Å². The lowest BCUT2D eigenvalue weighted by molar-refractivity contribution is 0.685. The molecule has 55 heavy (non-hydrogen) atoms. The first-order valence-electron chi connectivity index (χ1n) is 19.2.